The van der Waals surface area contributed by atoms with Gasteiger partial charge in [-0.1, -0.05) is 84.9 Å². The smallest absolute Gasteiger partial charge is 0.338 e. The summed E-state index contributed by atoms with van der Waals surface area (Å²) in [6.07, 6.45) is 0. The molecule has 0 amide bonds. The number of benzene rings is 4. The van der Waals surface area contributed by atoms with Crippen molar-refractivity contribution < 1.29 is 14.3 Å². The summed E-state index contributed by atoms with van der Waals surface area (Å²) in [5.41, 5.74) is 4.01. The van der Waals surface area contributed by atoms with Gasteiger partial charge in [-0.05, 0) is 58.7 Å². The van der Waals surface area contributed by atoms with E-state index in [4.69, 9.17) is 21.7 Å². The first-order chi connectivity index (χ1) is 17.6. The number of thiocarbonyl (C=S) groups is 1. The summed E-state index contributed by atoms with van der Waals surface area (Å²) < 4.78 is 11.5. The molecule has 5 rings (SSSR count). The standard InChI is InChI=1S/C30H26N2O3S/c1-2-34-29(33)26-27(21-10-4-3-5-11-21)31-30(36)32-28(26)22-15-17-24(18-16-22)35-19-23-13-8-12-20-9-6-7-14-25(20)23/h3-18,28H,2,19H2,1H3,(H2,31,32,36). The summed E-state index contributed by atoms with van der Waals surface area (Å²) in [6, 6.07) is 31.4. The van der Waals surface area contributed by atoms with Crippen molar-refractivity contribution >= 4 is 39.8 Å². The van der Waals surface area contributed by atoms with E-state index in [0.29, 0.717) is 23.0 Å². The molecule has 0 bridgehead atoms. The van der Waals surface area contributed by atoms with Crippen molar-refractivity contribution in [3.05, 3.63) is 119 Å². The van der Waals surface area contributed by atoms with Gasteiger partial charge in [0.05, 0.1) is 23.9 Å². The monoisotopic (exact) mass is 494 g/mol. The van der Waals surface area contributed by atoms with E-state index in [1.165, 1.54) is 10.8 Å². The molecule has 2 N–H and O–H groups in total. The van der Waals surface area contributed by atoms with E-state index in [-0.39, 0.29) is 12.6 Å². The largest absolute Gasteiger partial charge is 0.489 e. The highest BCUT2D eigenvalue weighted by Gasteiger charge is 2.33. The van der Waals surface area contributed by atoms with Crippen molar-refractivity contribution in [1.82, 2.24) is 10.6 Å². The summed E-state index contributed by atoms with van der Waals surface area (Å²) in [5.74, 6) is 0.355. The van der Waals surface area contributed by atoms with E-state index in [1.807, 2.05) is 72.8 Å². The minimum atomic E-state index is -0.458. The zero-order chi connectivity index (χ0) is 24.9. The van der Waals surface area contributed by atoms with Crippen molar-refractivity contribution in [2.45, 2.75) is 19.6 Å². The molecule has 4 aromatic rings. The molecule has 1 heterocycles. The van der Waals surface area contributed by atoms with Gasteiger partial charge in [-0.25, -0.2) is 4.79 Å². The second-order valence-corrected chi connectivity index (χ2v) is 8.81. The molecule has 180 valence electrons. The van der Waals surface area contributed by atoms with Crippen molar-refractivity contribution in [3.63, 3.8) is 0 Å². The molecule has 0 radical (unpaired) electrons. The summed E-state index contributed by atoms with van der Waals surface area (Å²) in [7, 11) is 0. The van der Waals surface area contributed by atoms with Gasteiger partial charge in [0.15, 0.2) is 5.11 Å². The predicted octanol–water partition coefficient (Wildman–Crippen LogP) is 5.91. The highest BCUT2D eigenvalue weighted by atomic mass is 32.1. The van der Waals surface area contributed by atoms with Crippen LogP contribution < -0.4 is 15.4 Å². The topological polar surface area (TPSA) is 59.6 Å². The fraction of sp³-hybridized carbons (Fsp3) is 0.133. The maximum atomic E-state index is 13.1. The number of hydrogen-bond acceptors (Lipinski definition) is 4. The third-order valence-corrected chi connectivity index (χ3v) is 6.34. The van der Waals surface area contributed by atoms with Gasteiger partial charge in [0.1, 0.15) is 12.4 Å². The Labute approximate surface area is 215 Å². The lowest BCUT2D eigenvalue weighted by Crippen LogP contribution is -2.45. The minimum absolute atomic E-state index is 0.280. The molecule has 1 aliphatic heterocycles. The number of nitrogens with one attached hydrogen (secondary N) is 2. The number of hydrogen-bond donors (Lipinski definition) is 2. The number of esters is 1. The molecule has 0 aliphatic carbocycles. The van der Waals surface area contributed by atoms with E-state index < -0.39 is 6.04 Å². The number of carbonyl (C=O) groups is 1. The Morgan fingerprint density at radius 3 is 2.39 bits per heavy atom. The van der Waals surface area contributed by atoms with Crippen LogP contribution in [0.1, 0.15) is 29.7 Å². The molecule has 1 aliphatic rings. The molecule has 0 aromatic heterocycles. The maximum absolute atomic E-state index is 13.1. The summed E-state index contributed by atoms with van der Waals surface area (Å²) in [4.78, 5) is 13.1. The molecular weight excluding hydrogens is 468 g/mol. The van der Waals surface area contributed by atoms with Crippen molar-refractivity contribution in [1.29, 1.82) is 0 Å². The quantitative estimate of drug-likeness (QED) is 0.246. The van der Waals surface area contributed by atoms with Crippen LogP contribution in [0.5, 0.6) is 5.75 Å². The second kappa shape index (κ2) is 10.6. The number of ether oxygens (including phenoxy) is 2. The maximum Gasteiger partial charge on any atom is 0.338 e. The summed E-state index contributed by atoms with van der Waals surface area (Å²) in [5, 5.41) is 9.22. The average molecular weight is 495 g/mol. The first-order valence-corrected chi connectivity index (χ1v) is 12.3. The van der Waals surface area contributed by atoms with Crippen LogP contribution in [0.2, 0.25) is 0 Å². The van der Waals surface area contributed by atoms with Crippen LogP contribution >= 0.6 is 12.2 Å². The van der Waals surface area contributed by atoms with Gasteiger partial charge >= 0.3 is 5.97 Å². The fourth-order valence-corrected chi connectivity index (χ4v) is 4.63. The van der Waals surface area contributed by atoms with Crippen LogP contribution in [0.25, 0.3) is 16.5 Å². The van der Waals surface area contributed by atoms with E-state index >= 15 is 0 Å². The Morgan fingerprint density at radius 2 is 1.61 bits per heavy atom. The highest BCUT2D eigenvalue weighted by molar-refractivity contribution is 7.80. The predicted molar refractivity (Wildman–Crippen MR) is 146 cm³/mol. The molecule has 0 saturated carbocycles. The van der Waals surface area contributed by atoms with Gasteiger partial charge < -0.3 is 20.1 Å². The molecule has 5 nitrogen and oxygen atoms in total. The first-order valence-electron chi connectivity index (χ1n) is 11.9. The van der Waals surface area contributed by atoms with Crippen LogP contribution in [-0.4, -0.2) is 17.7 Å². The Hall–Kier alpha value is -4.16. The fourth-order valence-electron chi connectivity index (χ4n) is 4.41. The highest BCUT2D eigenvalue weighted by Crippen LogP contribution is 2.33. The molecule has 4 aromatic carbocycles. The SMILES string of the molecule is CCOC(=O)C1=C(c2ccccc2)NC(=S)NC1c1ccc(OCc2cccc3ccccc23)cc1. The zero-order valence-corrected chi connectivity index (χ0v) is 20.7. The van der Waals surface area contributed by atoms with Gasteiger partial charge in [-0.3, -0.25) is 0 Å². The Balaban J connectivity index is 1.42. The molecular formula is C30H26N2O3S. The van der Waals surface area contributed by atoms with Crippen LogP contribution in [0, 0.1) is 0 Å². The lowest BCUT2D eigenvalue weighted by molar-refractivity contribution is -0.138. The van der Waals surface area contributed by atoms with E-state index in [2.05, 4.69) is 34.9 Å². The van der Waals surface area contributed by atoms with Crippen LogP contribution in [-0.2, 0) is 16.1 Å². The van der Waals surface area contributed by atoms with Crippen molar-refractivity contribution in [3.8, 4) is 5.75 Å². The van der Waals surface area contributed by atoms with Crippen LogP contribution in [0.15, 0.2) is 103 Å². The molecule has 0 fully saturated rings. The third-order valence-electron chi connectivity index (χ3n) is 6.12. The van der Waals surface area contributed by atoms with Gasteiger partial charge in [0.25, 0.3) is 0 Å². The van der Waals surface area contributed by atoms with Crippen LogP contribution in [0.4, 0.5) is 0 Å². The molecule has 36 heavy (non-hydrogen) atoms. The van der Waals surface area contributed by atoms with Crippen LogP contribution in [0.3, 0.4) is 0 Å². The Kier molecular flexibility index (Phi) is 6.96. The van der Waals surface area contributed by atoms with E-state index in [9.17, 15) is 4.79 Å². The van der Waals surface area contributed by atoms with Gasteiger partial charge in [-0.15, -0.1) is 0 Å². The lowest BCUT2D eigenvalue weighted by Gasteiger charge is -2.31. The van der Waals surface area contributed by atoms with Gasteiger partial charge in [0.2, 0.25) is 0 Å². The first kappa shape index (κ1) is 23.6. The normalized spacial score (nSPS) is 15.2. The average Bonchev–Trinajstić information content (AvgIpc) is 2.92. The minimum Gasteiger partial charge on any atom is -0.489 e. The molecule has 0 spiro atoms. The second-order valence-electron chi connectivity index (χ2n) is 8.40. The van der Waals surface area contributed by atoms with E-state index in [0.717, 1.165) is 22.4 Å². The van der Waals surface area contributed by atoms with Gasteiger partial charge in [-0.2, -0.15) is 0 Å². The molecule has 0 saturated heterocycles. The number of fused-ring (bicyclic) bond motifs is 1. The lowest BCUT2D eigenvalue weighted by atomic mass is 9.93. The Morgan fingerprint density at radius 1 is 0.889 bits per heavy atom. The molecule has 1 unspecified atom stereocenters. The van der Waals surface area contributed by atoms with Gasteiger partial charge in [0, 0.05) is 0 Å². The zero-order valence-electron chi connectivity index (χ0n) is 19.9. The number of rotatable bonds is 7. The Bertz CT molecular complexity index is 1430. The summed E-state index contributed by atoms with van der Waals surface area (Å²) in [6.45, 7) is 2.54. The van der Waals surface area contributed by atoms with Crippen molar-refractivity contribution in [2.75, 3.05) is 6.61 Å². The molecule has 6 heteroatoms. The number of carbonyl (C=O) groups excluding carboxylic acids is 1. The summed E-state index contributed by atoms with van der Waals surface area (Å²) >= 11 is 5.49. The molecule has 1 atom stereocenters. The van der Waals surface area contributed by atoms with Crippen molar-refractivity contribution in [2.24, 2.45) is 0 Å². The third kappa shape index (κ3) is 4.95. The van der Waals surface area contributed by atoms with E-state index in [1.54, 1.807) is 6.92 Å².